The first-order valence-corrected chi connectivity index (χ1v) is 14.2. The molecule has 1 N–H and O–H groups in total. The number of aromatic amines is 1. The van der Waals surface area contributed by atoms with Gasteiger partial charge < -0.3 is 9.72 Å². The van der Waals surface area contributed by atoms with E-state index in [-0.39, 0.29) is 11.6 Å². The van der Waals surface area contributed by atoms with Crippen LogP contribution in [0.15, 0.2) is 83.7 Å². The predicted molar refractivity (Wildman–Crippen MR) is 159 cm³/mol. The molecule has 0 spiro atoms. The second-order valence-electron chi connectivity index (χ2n) is 10.6. The third-order valence-electron chi connectivity index (χ3n) is 7.93. The number of H-pyrrole nitrogens is 1. The third-order valence-corrected chi connectivity index (χ3v) is 7.93. The van der Waals surface area contributed by atoms with Crippen LogP contribution in [0.1, 0.15) is 41.0 Å². The van der Waals surface area contributed by atoms with Crippen LogP contribution in [0.25, 0.3) is 10.9 Å². The Balaban J connectivity index is 1.33. The van der Waals surface area contributed by atoms with Gasteiger partial charge in [0.15, 0.2) is 5.82 Å². The molecular formula is C32H35N7O2. The van der Waals surface area contributed by atoms with Gasteiger partial charge in [0.2, 0.25) is 0 Å². The van der Waals surface area contributed by atoms with Crippen molar-refractivity contribution in [3.05, 3.63) is 117 Å². The van der Waals surface area contributed by atoms with Gasteiger partial charge in [-0.25, -0.2) is 4.68 Å². The highest BCUT2D eigenvalue weighted by Gasteiger charge is 2.32. The van der Waals surface area contributed by atoms with Gasteiger partial charge in [-0.15, -0.1) is 5.10 Å². The van der Waals surface area contributed by atoms with E-state index in [1.807, 2.05) is 47.1 Å². The zero-order valence-corrected chi connectivity index (χ0v) is 23.5. The minimum atomic E-state index is -0.383. The summed E-state index contributed by atoms with van der Waals surface area (Å²) in [7, 11) is 1.70. The Hall–Kier alpha value is -4.34. The van der Waals surface area contributed by atoms with Crippen molar-refractivity contribution in [3.63, 3.8) is 0 Å². The van der Waals surface area contributed by atoms with Crippen molar-refractivity contribution in [2.45, 2.75) is 32.5 Å². The van der Waals surface area contributed by atoms with Gasteiger partial charge in [-0.1, -0.05) is 55.5 Å². The summed E-state index contributed by atoms with van der Waals surface area (Å²) in [4.78, 5) is 21.5. The first-order chi connectivity index (χ1) is 20.1. The Kier molecular flexibility index (Phi) is 7.89. The minimum absolute atomic E-state index is 0.111. The molecule has 0 unspecified atom stereocenters. The predicted octanol–water partition coefficient (Wildman–Crippen LogP) is 4.04. The summed E-state index contributed by atoms with van der Waals surface area (Å²) in [6.07, 6.45) is 0.929. The molecule has 2 aromatic heterocycles. The second-order valence-corrected chi connectivity index (χ2v) is 10.6. The molecule has 41 heavy (non-hydrogen) atoms. The maximum absolute atomic E-state index is 13.6. The number of benzene rings is 3. The molecule has 1 atom stereocenters. The van der Waals surface area contributed by atoms with Gasteiger partial charge in [0.05, 0.1) is 13.7 Å². The van der Waals surface area contributed by atoms with Gasteiger partial charge >= 0.3 is 0 Å². The number of methoxy groups -OCH3 is 1. The topological polar surface area (TPSA) is 92.2 Å². The smallest absolute Gasteiger partial charge is 0.253 e. The Morgan fingerprint density at radius 3 is 2.46 bits per heavy atom. The number of hydrogen-bond donors (Lipinski definition) is 1. The van der Waals surface area contributed by atoms with Crippen LogP contribution in [0.2, 0.25) is 0 Å². The molecule has 9 heteroatoms. The molecule has 5 aromatic rings. The molecule has 0 saturated carbocycles. The molecule has 1 aliphatic heterocycles. The number of aryl methyl sites for hydroxylation is 1. The first-order valence-electron chi connectivity index (χ1n) is 14.2. The molecule has 1 saturated heterocycles. The van der Waals surface area contributed by atoms with E-state index in [1.165, 1.54) is 11.1 Å². The van der Waals surface area contributed by atoms with Crippen LogP contribution in [0, 0.1) is 0 Å². The maximum Gasteiger partial charge on any atom is 0.253 e. The highest BCUT2D eigenvalue weighted by atomic mass is 16.5. The Bertz CT molecular complexity index is 1670. The summed E-state index contributed by atoms with van der Waals surface area (Å²) < 4.78 is 7.24. The Labute approximate surface area is 239 Å². The maximum atomic E-state index is 13.6. The number of pyridine rings is 1. The monoisotopic (exact) mass is 549 g/mol. The lowest BCUT2D eigenvalue weighted by Gasteiger charge is -2.38. The minimum Gasteiger partial charge on any atom is -0.497 e. The zero-order valence-electron chi connectivity index (χ0n) is 23.5. The van der Waals surface area contributed by atoms with Crippen LogP contribution in [0.5, 0.6) is 5.75 Å². The molecule has 6 rings (SSSR count). The fourth-order valence-electron chi connectivity index (χ4n) is 5.68. The Morgan fingerprint density at radius 1 is 0.878 bits per heavy atom. The van der Waals surface area contributed by atoms with Crippen LogP contribution < -0.4 is 10.3 Å². The van der Waals surface area contributed by atoms with Crippen LogP contribution in [0.3, 0.4) is 0 Å². The van der Waals surface area contributed by atoms with E-state index in [0.717, 1.165) is 61.4 Å². The van der Waals surface area contributed by atoms with E-state index in [9.17, 15) is 4.79 Å². The average Bonchev–Trinajstić information content (AvgIpc) is 3.46. The molecule has 0 bridgehead atoms. The van der Waals surface area contributed by atoms with Crippen molar-refractivity contribution in [1.29, 1.82) is 0 Å². The van der Waals surface area contributed by atoms with Crippen molar-refractivity contribution < 1.29 is 4.74 Å². The van der Waals surface area contributed by atoms with E-state index in [4.69, 9.17) is 4.74 Å². The first kappa shape index (κ1) is 26.9. The molecule has 210 valence electrons. The van der Waals surface area contributed by atoms with Crippen LogP contribution in [-0.4, -0.2) is 68.3 Å². The number of nitrogens with zero attached hydrogens (tertiary/aromatic N) is 6. The molecule has 3 heterocycles. The Morgan fingerprint density at radius 2 is 1.68 bits per heavy atom. The molecule has 1 fully saturated rings. The molecular weight excluding hydrogens is 514 g/mol. The summed E-state index contributed by atoms with van der Waals surface area (Å²) in [5.41, 5.74) is 4.94. The van der Waals surface area contributed by atoms with Crippen molar-refractivity contribution in [3.8, 4) is 5.75 Å². The van der Waals surface area contributed by atoms with E-state index >= 15 is 0 Å². The standard InChI is InChI=1S/C32H35N7O2/c1-3-23-12-13-29-26(18-23)20-28(32(40)33-29)30(31-34-35-36-39(31)22-24-8-5-4-6-9-24)38-16-14-37(15-17-38)21-25-10-7-11-27(19-25)41-2/h4-13,18-20,30H,3,14-17,21-22H2,1-2H3,(H,33,40)/t30-/m0/s1. The number of rotatable bonds is 9. The number of piperazine rings is 1. The number of ether oxygens (including phenoxy) is 1. The highest BCUT2D eigenvalue weighted by Crippen LogP contribution is 2.29. The number of tetrazole rings is 1. The van der Waals surface area contributed by atoms with Gasteiger partial charge in [0.1, 0.15) is 11.8 Å². The lowest BCUT2D eigenvalue weighted by atomic mass is 10.0. The lowest BCUT2D eigenvalue weighted by Crippen LogP contribution is -2.48. The quantitative estimate of drug-likeness (QED) is 0.297. The van der Waals surface area contributed by atoms with Gasteiger partial charge in [-0.3, -0.25) is 14.6 Å². The van der Waals surface area contributed by atoms with E-state index in [0.29, 0.717) is 17.9 Å². The molecule has 1 aliphatic rings. The molecule has 0 amide bonds. The van der Waals surface area contributed by atoms with Crippen LogP contribution in [0.4, 0.5) is 0 Å². The van der Waals surface area contributed by atoms with E-state index in [1.54, 1.807) is 7.11 Å². The van der Waals surface area contributed by atoms with Crippen LogP contribution in [-0.2, 0) is 19.5 Å². The number of nitrogens with one attached hydrogen (secondary N) is 1. The van der Waals surface area contributed by atoms with Gasteiger partial charge in [0, 0.05) is 43.8 Å². The summed E-state index contributed by atoms with van der Waals surface area (Å²) in [6, 6.07) is 26.2. The van der Waals surface area contributed by atoms with Gasteiger partial charge in [-0.2, -0.15) is 0 Å². The van der Waals surface area contributed by atoms with Crippen molar-refractivity contribution in [2.24, 2.45) is 0 Å². The molecule has 9 nitrogen and oxygen atoms in total. The molecule has 3 aromatic carbocycles. The summed E-state index contributed by atoms with van der Waals surface area (Å²) in [5, 5.41) is 13.9. The van der Waals surface area contributed by atoms with Crippen molar-refractivity contribution in [2.75, 3.05) is 33.3 Å². The van der Waals surface area contributed by atoms with Crippen molar-refractivity contribution in [1.82, 2.24) is 35.0 Å². The zero-order chi connectivity index (χ0) is 28.2. The fourth-order valence-corrected chi connectivity index (χ4v) is 5.68. The summed E-state index contributed by atoms with van der Waals surface area (Å²) in [6.45, 7) is 6.79. The van der Waals surface area contributed by atoms with E-state index in [2.05, 4.69) is 73.6 Å². The molecule has 0 aliphatic carbocycles. The number of hydrogen-bond acceptors (Lipinski definition) is 7. The second kappa shape index (κ2) is 12.0. The molecule has 0 radical (unpaired) electrons. The van der Waals surface area contributed by atoms with Gasteiger partial charge in [-0.05, 0) is 69.3 Å². The van der Waals surface area contributed by atoms with Crippen molar-refractivity contribution >= 4 is 10.9 Å². The third kappa shape index (κ3) is 5.91. The normalized spacial score (nSPS) is 15.3. The summed E-state index contributed by atoms with van der Waals surface area (Å²) >= 11 is 0. The number of aromatic nitrogens is 5. The van der Waals surface area contributed by atoms with E-state index < -0.39 is 0 Å². The largest absolute Gasteiger partial charge is 0.497 e. The van der Waals surface area contributed by atoms with Crippen LogP contribution >= 0.6 is 0 Å². The summed E-state index contributed by atoms with van der Waals surface area (Å²) in [5.74, 6) is 1.54. The average molecular weight is 550 g/mol. The lowest BCUT2D eigenvalue weighted by molar-refractivity contribution is 0.0998. The fraction of sp³-hybridized carbons (Fsp3) is 0.312. The van der Waals surface area contributed by atoms with Gasteiger partial charge in [0.25, 0.3) is 5.56 Å². The SMILES string of the molecule is CCc1ccc2[nH]c(=O)c([C@@H](c3nnnn3Cc3ccccc3)N3CCN(Cc4cccc(OC)c4)CC3)cc2c1. The number of fused-ring (bicyclic) bond motifs is 1. The highest BCUT2D eigenvalue weighted by molar-refractivity contribution is 5.80.